The highest BCUT2D eigenvalue weighted by Gasteiger charge is 2.03. The molecule has 4 heteroatoms. The van der Waals surface area contributed by atoms with E-state index in [1.807, 2.05) is 36.5 Å². The molecule has 1 aromatic heterocycles. The molecule has 0 saturated heterocycles. The lowest BCUT2D eigenvalue weighted by atomic mass is 10.1. The molecule has 0 saturated carbocycles. The number of aromatic nitrogens is 2. The van der Waals surface area contributed by atoms with Gasteiger partial charge in [0, 0.05) is 25.4 Å². The summed E-state index contributed by atoms with van der Waals surface area (Å²) in [5, 5.41) is 9.06. The zero-order chi connectivity index (χ0) is 17.3. The van der Waals surface area contributed by atoms with Gasteiger partial charge >= 0.3 is 0 Å². The van der Waals surface area contributed by atoms with E-state index in [-0.39, 0.29) is 6.61 Å². The van der Waals surface area contributed by atoms with E-state index in [9.17, 15) is 0 Å². The molecule has 3 aromatic rings. The quantitative estimate of drug-likeness (QED) is 0.649. The van der Waals surface area contributed by atoms with E-state index in [0.29, 0.717) is 13.0 Å². The zero-order valence-corrected chi connectivity index (χ0v) is 14.3. The van der Waals surface area contributed by atoms with Crippen molar-refractivity contribution in [2.24, 2.45) is 0 Å². The van der Waals surface area contributed by atoms with E-state index < -0.39 is 0 Å². The Labute approximate surface area is 148 Å². The number of hydrogen-bond donors (Lipinski definition) is 1. The maximum absolute atomic E-state index is 9.06. The number of aliphatic hydroxyl groups is 1. The van der Waals surface area contributed by atoms with Gasteiger partial charge < -0.3 is 14.4 Å². The summed E-state index contributed by atoms with van der Waals surface area (Å²) in [5.41, 5.74) is 2.44. The molecule has 0 aliphatic heterocycles. The van der Waals surface area contributed by atoms with Gasteiger partial charge in [-0.15, -0.1) is 0 Å². The fourth-order valence-electron chi connectivity index (χ4n) is 2.86. The Balaban J connectivity index is 1.50. The fourth-order valence-corrected chi connectivity index (χ4v) is 2.86. The summed E-state index contributed by atoms with van der Waals surface area (Å²) in [6.45, 7) is 1.63. The summed E-state index contributed by atoms with van der Waals surface area (Å²) < 4.78 is 8.01. The summed E-state index contributed by atoms with van der Waals surface area (Å²) in [7, 11) is 0. The Morgan fingerprint density at radius 1 is 0.960 bits per heavy atom. The molecule has 0 aliphatic rings. The summed E-state index contributed by atoms with van der Waals surface area (Å²) in [5.74, 6) is 1.85. The van der Waals surface area contributed by atoms with Crippen LogP contribution in [-0.2, 0) is 26.0 Å². The second kappa shape index (κ2) is 9.04. The molecule has 4 nitrogen and oxygen atoms in total. The summed E-state index contributed by atoms with van der Waals surface area (Å²) in [4.78, 5) is 4.28. The number of imidazole rings is 1. The third-order valence-corrected chi connectivity index (χ3v) is 4.15. The van der Waals surface area contributed by atoms with E-state index in [1.165, 1.54) is 11.1 Å². The molecule has 25 heavy (non-hydrogen) atoms. The molecule has 0 amide bonds. The van der Waals surface area contributed by atoms with Crippen LogP contribution in [0.2, 0.25) is 0 Å². The fraction of sp³-hybridized carbons (Fsp3) is 0.286. The van der Waals surface area contributed by atoms with Crippen LogP contribution in [0.1, 0.15) is 23.4 Å². The maximum atomic E-state index is 9.06. The first-order chi connectivity index (χ1) is 12.3. The van der Waals surface area contributed by atoms with Crippen molar-refractivity contribution in [2.45, 2.75) is 32.4 Å². The first-order valence-electron chi connectivity index (χ1n) is 8.71. The van der Waals surface area contributed by atoms with Gasteiger partial charge in [0.05, 0.1) is 6.61 Å². The molecule has 0 bridgehead atoms. The largest absolute Gasteiger partial charge is 0.489 e. The predicted octanol–water partition coefficient (Wildman–Crippen LogP) is 3.63. The van der Waals surface area contributed by atoms with Crippen molar-refractivity contribution in [3.05, 3.63) is 83.9 Å². The Kier molecular flexibility index (Phi) is 6.23. The molecule has 3 rings (SSSR count). The normalized spacial score (nSPS) is 10.8. The average Bonchev–Trinajstić information content (AvgIpc) is 3.09. The maximum Gasteiger partial charge on any atom is 0.120 e. The van der Waals surface area contributed by atoms with Crippen molar-refractivity contribution >= 4 is 0 Å². The first-order valence-corrected chi connectivity index (χ1v) is 8.71. The molecular weight excluding hydrogens is 312 g/mol. The van der Waals surface area contributed by atoms with Gasteiger partial charge in [-0.2, -0.15) is 0 Å². The van der Waals surface area contributed by atoms with Crippen molar-refractivity contribution in [1.82, 2.24) is 9.55 Å². The second-order valence-electron chi connectivity index (χ2n) is 6.04. The van der Waals surface area contributed by atoms with E-state index in [2.05, 4.69) is 33.8 Å². The smallest absolute Gasteiger partial charge is 0.120 e. The van der Waals surface area contributed by atoms with E-state index in [1.54, 1.807) is 6.20 Å². The lowest BCUT2D eigenvalue weighted by Gasteiger charge is -2.09. The zero-order valence-electron chi connectivity index (χ0n) is 14.3. The van der Waals surface area contributed by atoms with Crippen LogP contribution in [0.5, 0.6) is 5.75 Å². The molecule has 0 unspecified atom stereocenters. The van der Waals surface area contributed by atoms with Crippen molar-refractivity contribution in [3.8, 4) is 5.75 Å². The lowest BCUT2D eigenvalue weighted by Crippen LogP contribution is -2.06. The molecule has 130 valence electrons. The SMILES string of the molecule is OCCc1nccn1CCCc1cccc(OCc2ccccc2)c1. The summed E-state index contributed by atoms with van der Waals surface area (Å²) in [6.07, 6.45) is 6.39. The summed E-state index contributed by atoms with van der Waals surface area (Å²) in [6, 6.07) is 18.5. The average molecular weight is 336 g/mol. The number of aliphatic hydroxyl groups excluding tert-OH is 1. The number of ether oxygens (including phenoxy) is 1. The second-order valence-corrected chi connectivity index (χ2v) is 6.04. The van der Waals surface area contributed by atoms with Gasteiger partial charge in [0.25, 0.3) is 0 Å². The van der Waals surface area contributed by atoms with Crippen molar-refractivity contribution < 1.29 is 9.84 Å². The highest BCUT2D eigenvalue weighted by Crippen LogP contribution is 2.17. The van der Waals surface area contributed by atoms with Crippen LogP contribution in [0.25, 0.3) is 0 Å². The molecule has 1 N–H and O–H groups in total. The van der Waals surface area contributed by atoms with Gasteiger partial charge in [-0.05, 0) is 36.1 Å². The van der Waals surface area contributed by atoms with Gasteiger partial charge in [-0.1, -0.05) is 42.5 Å². The third-order valence-electron chi connectivity index (χ3n) is 4.15. The molecule has 0 atom stereocenters. The minimum Gasteiger partial charge on any atom is -0.489 e. The number of nitrogens with zero attached hydrogens (tertiary/aromatic N) is 2. The number of hydrogen-bond acceptors (Lipinski definition) is 3. The number of aryl methyl sites for hydroxylation is 2. The Morgan fingerprint density at radius 3 is 2.64 bits per heavy atom. The molecule has 0 spiro atoms. The first kappa shape index (κ1) is 17.2. The molecular formula is C21H24N2O2. The molecule has 0 aliphatic carbocycles. The van der Waals surface area contributed by atoms with E-state index >= 15 is 0 Å². The Morgan fingerprint density at radius 2 is 1.80 bits per heavy atom. The van der Waals surface area contributed by atoms with Crippen molar-refractivity contribution in [3.63, 3.8) is 0 Å². The standard InChI is InChI=1S/C21H24N2O2/c24-15-11-21-22-12-14-23(21)13-5-9-18-8-4-10-20(16-18)25-17-19-6-2-1-3-7-19/h1-4,6-8,10,12,14,16,24H,5,9,11,13,15,17H2. The van der Waals surface area contributed by atoms with Gasteiger partial charge in [0.15, 0.2) is 0 Å². The molecule has 2 aromatic carbocycles. The topological polar surface area (TPSA) is 47.3 Å². The molecule has 0 radical (unpaired) electrons. The van der Waals surface area contributed by atoms with Crippen LogP contribution >= 0.6 is 0 Å². The van der Waals surface area contributed by atoms with Crippen LogP contribution in [0, 0.1) is 0 Å². The highest BCUT2D eigenvalue weighted by atomic mass is 16.5. The monoisotopic (exact) mass is 336 g/mol. The molecule has 0 fully saturated rings. The minimum atomic E-state index is 0.137. The van der Waals surface area contributed by atoms with Crippen molar-refractivity contribution in [1.29, 1.82) is 0 Å². The number of benzene rings is 2. The van der Waals surface area contributed by atoms with E-state index in [0.717, 1.165) is 31.0 Å². The van der Waals surface area contributed by atoms with E-state index in [4.69, 9.17) is 9.84 Å². The molecule has 1 heterocycles. The van der Waals surface area contributed by atoms with Gasteiger partial charge in [-0.25, -0.2) is 4.98 Å². The van der Waals surface area contributed by atoms with Gasteiger partial charge in [0.2, 0.25) is 0 Å². The third kappa shape index (κ3) is 5.19. The highest BCUT2D eigenvalue weighted by molar-refractivity contribution is 5.29. The predicted molar refractivity (Wildman–Crippen MR) is 98.6 cm³/mol. The van der Waals surface area contributed by atoms with Crippen LogP contribution in [0.3, 0.4) is 0 Å². The number of rotatable bonds is 9. The summed E-state index contributed by atoms with van der Waals surface area (Å²) >= 11 is 0. The Hall–Kier alpha value is -2.59. The lowest BCUT2D eigenvalue weighted by molar-refractivity contribution is 0.294. The van der Waals surface area contributed by atoms with Gasteiger partial charge in [-0.3, -0.25) is 0 Å². The van der Waals surface area contributed by atoms with Crippen molar-refractivity contribution in [2.75, 3.05) is 6.61 Å². The minimum absolute atomic E-state index is 0.137. The Bertz CT molecular complexity index is 768. The van der Waals surface area contributed by atoms with Crippen LogP contribution in [0.15, 0.2) is 67.0 Å². The van der Waals surface area contributed by atoms with Gasteiger partial charge in [0.1, 0.15) is 18.2 Å². The van der Waals surface area contributed by atoms with Crippen LogP contribution < -0.4 is 4.74 Å². The van der Waals surface area contributed by atoms with Crippen LogP contribution in [-0.4, -0.2) is 21.3 Å². The van der Waals surface area contributed by atoms with Crippen LogP contribution in [0.4, 0.5) is 0 Å².